The van der Waals surface area contributed by atoms with Crippen molar-refractivity contribution in [1.82, 2.24) is 5.32 Å². The van der Waals surface area contributed by atoms with Gasteiger partial charge in [0.2, 0.25) is 5.91 Å². The molecule has 1 aliphatic carbocycles. The second-order valence-corrected chi connectivity index (χ2v) is 8.16. The number of nitrogens with one attached hydrogen (secondary N) is 1. The quantitative estimate of drug-likeness (QED) is 0.692. The van der Waals surface area contributed by atoms with Gasteiger partial charge in [-0.05, 0) is 60.6 Å². The van der Waals surface area contributed by atoms with Crippen LogP contribution in [0.4, 0.5) is 0 Å². The number of aryl methyl sites for hydroxylation is 2. The topological polar surface area (TPSA) is 29.1 Å². The summed E-state index contributed by atoms with van der Waals surface area (Å²) in [6.07, 6.45) is 3.57. The van der Waals surface area contributed by atoms with Crippen LogP contribution >= 0.6 is 35.0 Å². The molecule has 0 spiro atoms. The van der Waals surface area contributed by atoms with Crippen molar-refractivity contribution in [2.75, 3.05) is 5.75 Å². The van der Waals surface area contributed by atoms with Crippen LogP contribution in [0.15, 0.2) is 36.4 Å². The van der Waals surface area contributed by atoms with E-state index in [2.05, 4.69) is 23.5 Å². The van der Waals surface area contributed by atoms with Gasteiger partial charge in [0.25, 0.3) is 0 Å². The van der Waals surface area contributed by atoms with Crippen molar-refractivity contribution in [1.29, 1.82) is 0 Å². The monoisotopic (exact) mass is 393 g/mol. The largest absolute Gasteiger partial charge is 0.349 e. The molecule has 0 aromatic heterocycles. The highest BCUT2D eigenvalue weighted by atomic mass is 35.5. The van der Waals surface area contributed by atoms with Crippen LogP contribution in [0.25, 0.3) is 0 Å². The van der Waals surface area contributed by atoms with Crippen LogP contribution in [0.2, 0.25) is 10.0 Å². The molecule has 3 rings (SSSR count). The van der Waals surface area contributed by atoms with Crippen LogP contribution < -0.4 is 5.32 Å². The summed E-state index contributed by atoms with van der Waals surface area (Å²) in [5, 5.41) is 4.37. The van der Waals surface area contributed by atoms with Crippen LogP contribution in [0.5, 0.6) is 0 Å². The van der Waals surface area contributed by atoms with Gasteiger partial charge in [-0.15, -0.1) is 11.8 Å². The molecule has 1 N–H and O–H groups in total. The Kier molecular flexibility index (Phi) is 6.32. The fraction of sp³-hybridized carbons (Fsp3) is 0.350. The minimum Gasteiger partial charge on any atom is -0.349 e. The molecule has 5 heteroatoms. The van der Waals surface area contributed by atoms with Crippen LogP contribution in [0.1, 0.15) is 41.6 Å². The van der Waals surface area contributed by atoms with Gasteiger partial charge in [0.1, 0.15) is 0 Å². The predicted molar refractivity (Wildman–Crippen MR) is 108 cm³/mol. The van der Waals surface area contributed by atoms with Gasteiger partial charge in [-0.25, -0.2) is 0 Å². The molecule has 0 aliphatic heterocycles. The van der Waals surface area contributed by atoms with Gasteiger partial charge in [0.05, 0.1) is 11.8 Å². The molecule has 0 saturated carbocycles. The average molecular weight is 394 g/mol. The molecule has 0 bridgehead atoms. The Morgan fingerprint density at radius 1 is 1.16 bits per heavy atom. The highest BCUT2D eigenvalue weighted by molar-refractivity contribution is 7.99. The van der Waals surface area contributed by atoms with Gasteiger partial charge >= 0.3 is 0 Å². The summed E-state index contributed by atoms with van der Waals surface area (Å²) in [5.74, 6) is 1.04. The smallest absolute Gasteiger partial charge is 0.230 e. The summed E-state index contributed by atoms with van der Waals surface area (Å²) in [6, 6.07) is 12.1. The number of fused-ring (bicyclic) bond motifs is 1. The van der Waals surface area contributed by atoms with Crippen molar-refractivity contribution in [3.8, 4) is 0 Å². The number of rotatable bonds is 6. The molecule has 0 unspecified atom stereocenters. The van der Waals surface area contributed by atoms with E-state index in [9.17, 15) is 4.79 Å². The van der Waals surface area contributed by atoms with Crippen LogP contribution in [0.3, 0.4) is 0 Å². The van der Waals surface area contributed by atoms with Gasteiger partial charge in [-0.2, -0.15) is 0 Å². The molecule has 2 nitrogen and oxygen atoms in total. The summed E-state index contributed by atoms with van der Waals surface area (Å²) in [4.78, 5) is 12.2. The first-order valence-corrected chi connectivity index (χ1v) is 10.4. The zero-order valence-corrected chi connectivity index (χ0v) is 16.5. The number of hydrogen-bond donors (Lipinski definition) is 1. The number of benzene rings is 2. The zero-order chi connectivity index (χ0) is 17.8. The standard InChI is InChI=1S/C20H21Cl2NOS/c1-13(15-9-8-14-4-2-5-16(14)10-15)23-20(24)12-25-11-17-18(21)6-3-7-19(17)22/h3,6-10,13H,2,4-5,11-12H2,1H3,(H,23,24)/t13-/m0/s1. The Morgan fingerprint density at radius 3 is 2.64 bits per heavy atom. The molecule has 2 aromatic rings. The second kappa shape index (κ2) is 8.48. The maximum atomic E-state index is 12.2. The number of carbonyl (C=O) groups excluding carboxylic acids is 1. The van der Waals surface area contributed by atoms with Crippen LogP contribution in [-0.4, -0.2) is 11.7 Å². The van der Waals surface area contributed by atoms with Gasteiger partial charge in [-0.1, -0.05) is 47.5 Å². The average Bonchev–Trinajstić information content (AvgIpc) is 3.05. The lowest BCUT2D eigenvalue weighted by atomic mass is 10.0. The molecular weight excluding hydrogens is 373 g/mol. The molecule has 1 amide bonds. The number of amides is 1. The van der Waals surface area contributed by atoms with Crippen molar-refractivity contribution in [2.45, 2.75) is 38.0 Å². The number of hydrogen-bond acceptors (Lipinski definition) is 2. The fourth-order valence-corrected chi connectivity index (χ4v) is 4.72. The summed E-state index contributed by atoms with van der Waals surface area (Å²) < 4.78 is 0. The molecule has 0 fully saturated rings. The first kappa shape index (κ1) is 18.6. The molecule has 132 valence electrons. The third-order valence-electron chi connectivity index (χ3n) is 4.54. The summed E-state index contributed by atoms with van der Waals surface area (Å²) in [7, 11) is 0. The van der Waals surface area contributed by atoms with E-state index in [0.717, 1.165) is 12.0 Å². The molecule has 0 saturated heterocycles. The minimum atomic E-state index is 0.0166. The van der Waals surface area contributed by atoms with Crippen molar-refractivity contribution in [3.63, 3.8) is 0 Å². The lowest BCUT2D eigenvalue weighted by Gasteiger charge is -2.16. The molecule has 0 heterocycles. The summed E-state index contributed by atoms with van der Waals surface area (Å²) >= 11 is 13.8. The van der Waals surface area contributed by atoms with Gasteiger partial charge in [0.15, 0.2) is 0 Å². The Bertz CT molecular complexity index is 758. The van der Waals surface area contributed by atoms with E-state index in [0.29, 0.717) is 21.6 Å². The first-order chi connectivity index (χ1) is 12.0. The van der Waals surface area contributed by atoms with Crippen molar-refractivity contribution in [3.05, 3.63) is 68.7 Å². The Morgan fingerprint density at radius 2 is 1.88 bits per heavy atom. The van der Waals surface area contributed by atoms with E-state index < -0.39 is 0 Å². The van der Waals surface area contributed by atoms with E-state index in [1.807, 2.05) is 25.1 Å². The minimum absolute atomic E-state index is 0.0166. The van der Waals surface area contributed by atoms with Crippen molar-refractivity contribution < 1.29 is 4.79 Å². The van der Waals surface area contributed by atoms with Gasteiger partial charge in [0, 0.05) is 15.8 Å². The first-order valence-electron chi connectivity index (χ1n) is 8.46. The molecule has 2 aromatic carbocycles. The number of halogens is 2. The lowest BCUT2D eigenvalue weighted by molar-refractivity contribution is -0.119. The number of carbonyl (C=O) groups is 1. The fourth-order valence-electron chi connectivity index (χ4n) is 3.14. The zero-order valence-electron chi connectivity index (χ0n) is 14.1. The maximum absolute atomic E-state index is 12.2. The Balaban J connectivity index is 1.50. The van der Waals surface area contributed by atoms with E-state index in [-0.39, 0.29) is 11.9 Å². The van der Waals surface area contributed by atoms with E-state index >= 15 is 0 Å². The molecular formula is C20H21Cl2NOS. The van der Waals surface area contributed by atoms with Gasteiger partial charge < -0.3 is 5.32 Å². The Hall–Kier alpha value is -1.16. The highest BCUT2D eigenvalue weighted by Gasteiger charge is 2.15. The summed E-state index contributed by atoms with van der Waals surface area (Å²) in [5.41, 5.74) is 4.94. The number of thioether (sulfide) groups is 1. The van der Waals surface area contributed by atoms with E-state index in [4.69, 9.17) is 23.2 Å². The lowest BCUT2D eigenvalue weighted by Crippen LogP contribution is -2.28. The molecule has 25 heavy (non-hydrogen) atoms. The van der Waals surface area contributed by atoms with E-state index in [1.165, 1.54) is 41.3 Å². The third kappa shape index (κ3) is 4.72. The van der Waals surface area contributed by atoms with Crippen LogP contribution in [-0.2, 0) is 23.4 Å². The van der Waals surface area contributed by atoms with Gasteiger partial charge in [-0.3, -0.25) is 4.79 Å². The van der Waals surface area contributed by atoms with Crippen molar-refractivity contribution in [2.24, 2.45) is 0 Å². The predicted octanol–water partition coefficient (Wildman–Crippen LogP) is 5.59. The maximum Gasteiger partial charge on any atom is 0.230 e. The highest BCUT2D eigenvalue weighted by Crippen LogP contribution is 2.28. The molecule has 1 atom stereocenters. The third-order valence-corrected chi connectivity index (χ3v) is 6.21. The van der Waals surface area contributed by atoms with Crippen LogP contribution in [0, 0.1) is 0 Å². The SMILES string of the molecule is C[C@H](NC(=O)CSCc1c(Cl)cccc1Cl)c1ccc2c(c1)CCC2. The second-order valence-electron chi connectivity index (χ2n) is 6.36. The Labute approximate surface area is 163 Å². The van der Waals surface area contributed by atoms with E-state index in [1.54, 1.807) is 0 Å². The molecule has 1 aliphatic rings. The normalized spacial score (nSPS) is 14.2. The van der Waals surface area contributed by atoms with Crippen molar-refractivity contribution >= 4 is 40.9 Å². The summed E-state index contributed by atoms with van der Waals surface area (Å²) in [6.45, 7) is 2.03. The molecule has 0 radical (unpaired) electrons.